The zero-order valence-corrected chi connectivity index (χ0v) is 13.7. The zero-order valence-electron chi connectivity index (χ0n) is 12.9. The van der Waals surface area contributed by atoms with Gasteiger partial charge in [0, 0.05) is 5.02 Å². The molecule has 0 aliphatic rings. The lowest BCUT2D eigenvalue weighted by molar-refractivity contribution is -0.137. The summed E-state index contributed by atoms with van der Waals surface area (Å²) >= 11 is 5.84. The molecule has 1 atom stereocenters. The van der Waals surface area contributed by atoms with E-state index in [4.69, 9.17) is 16.3 Å². The van der Waals surface area contributed by atoms with Crippen LogP contribution in [0.4, 0.5) is 18.9 Å². The van der Waals surface area contributed by atoms with E-state index in [1.807, 2.05) is 0 Å². The van der Waals surface area contributed by atoms with E-state index in [1.165, 1.54) is 25.1 Å². The Labute approximate surface area is 142 Å². The van der Waals surface area contributed by atoms with Gasteiger partial charge < -0.3 is 10.1 Å². The van der Waals surface area contributed by atoms with E-state index in [0.717, 1.165) is 11.6 Å². The number of alkyl halides is 3. The summed E-state index contributed by atoms with van der Waals surface area (Å²) in [5.74, 6) is -0.243. The van der Waals surface area contributed by atoms with Gasteiger partial charge >= 0.3 is 6.18 Å². The second-order valence-electron chi connectivity index (χ2n) is 5.20. The van der Waals surface area contributed by atoms with Crippen LogP contribution >= 0.6 is 11.6 Å². The van der Waals surface area contributed by atoms with Crippen molar-refractivity contribution in [2.24, 2.45) is 0 Å². The summed E-state index contributed by atoms with van der Waals surface area (Å²) < 4.78 is 44.3. The quantitative estimate of drug-likeness (QED) is 0.829. The fourth-order valence-electron chi connectivity index (χ4n) is 2.06. The van der Waals surface area contributed by atoms with E-state index in [9.17, 15) is 18.0 Å². The molecule has 0 saturated heterocycles. The molecule has 0 spiro atoms. The van der Waals surface area contributed by atoms with Gasteiger partial charge in [-0.3, -0.25) is 4.79 Å². The van der Waals surface area contributed by atoms with E-state index in [2.05, 4.69) is 5.32 Å². The summed E-state index contributed by atoms with van der Waals surface area (Å²) in [4.78, 5) is 12.1. The number of hydrogen-bond donors (Lipinski definition) is 1. The van der Waals surface area contributed by atoms with E-state index in [-0.39, 0.29) is 5.69 Å². The van der Waals surface area contributed by atoms with Crippen molar-refractivity contribution < 1.29 is 22.7 Å². The minimum Gasteiger partial charge on any atom is -0.481 e. The number of amides is 1. The Kier molecular flexibility index (Phi) is 5.39. The monoisotopic (exact) mass is 357 g/mol. The smallest absolute Gasteiger partial charge is 0.418 e. The molecule has 2 aromatic carbocycles. The first-order chi connectivity index (χ1) is 11.2. The summed E-state index contributed by atoms with van der Waals surface area (Å²) in [5.41, 5.74) is -0.496. The number of anilines is 1. The standard InChI is InChI=1S/C17H15ClF3NO2/c1-10-9-12(18)7-8-15(10)24-11(2)16(23)22-14-6-4-3-5-13(14)17(19,20)21/h3-9,11H,1-2H3,(H,22,23). The molecule has 0 aliphatic carbocycles. The highest BCUT2D eigenvalue weighted by Crippen LogP contribution is 2.34. The molecule has 0 saturated carbocycles. The van der Waals surface area contributed by atoms with Crippen LogP contribution in [0.5, 0.6) is 5.75 Å². The number of benzene rings is 2. The fourth-order valence-corrected chi connectivity index (χ4v) is 2.29. The van der Waals surface area contributed by atoms with Gasteiger partial charge in [-0.2, -0.15) is 13.2 Å². The highest BCUT2D eigenvalue weighted by molar-refractivity contribution is 6.30. The van der Waals surface area contributed by atoms with Crippen LogP contribution in [0, 0.1) is 6.92 Å². The lowest BCUT2D eigenvalue weighted by atomic mass is 10.1. The van der Waals surface area contributed by atoms with Crippen LogP contribution in [-0.4, -0.2) is 12.0 Å². The maximum absolute atomic E-state index is 12.9. The summed E-state index contributed by atoms with van der Waals surface area (Å²) in [6, 6.07) is 9.65. The number of hydrogen-bond acceptors (Lipinski definition) is 2. The highest BCUT2D eigenvalue weighted by Gasteiger charge is 2.34. The normalized spacial score (nSPS) is 12.6. The summed E-state index contributed by atoms with van der Waals surface area (Å²) in [7, 11) is 0. The second kappa shape index (κ2) is 7.13. The van der Waals surface area contributed by atoms with Crippen LogP contribution in [-0.2, 0) is 11.0 Å². The van der Waals surface area contributed by atoms with Gasteiger partial charge in [-0.1, -0.05) is 23.7 Å². The molecule has 7 heteroatoms. The predicted molar refractivity (Wildman–Crippen MR) is 86.4 cm³/mol. The van der Waals surface area contributed by atoms with Crippen molar-refractivity contribution in [3.8, 4) is 5.75 Å². The molecule has 2 aromatic rings. The Balaban J connectivity index is 2.13. The van der Waals surface area contributed by atoms with Crippen LogP contribution < -0.4 is 10.1 Å². The summed E-state index contributed by atoms with van der Waals surface area (Å²) in [6.07, 6.45) is -5.54. The Morgan fingerprint density at radius 2 is 1.88 bits per heavy atom. The van der Waals surface area contributed by atoms with Gasteiger partial charge in [0.1, 0.15) is 5.75 Å². The molecule has 0 bridgehead atoms. The average Bonchev–Trinajstić information content (AvgIpc) is 2.49. The number of nitrogens with one attached hydrogen (secondary N) is 1. The van der Waals surface area contributed by atoms with E-state index < -0.39 is 23.8 Å². The van der Waals surface area contributed by atoms with E-state index in [1.54, 1.807) is 25.1 Å². The van der Waals surface area contributed by atoms with Crippen molar-refractivity contribution in [3.63, 3.8) is 0 Å². The molecule has 24 heavy (non-hydrogen) atoms. The second-order valence-corrected chi connectivity index (χ2v) is 5.64. The number of halogens is 4. The summed E-state index contributed by atoms with van der Waals surface area (Å²) in [5, 5.41) is 2.78. The van der Waals surface area contributed by atoms with Gasteiger partial charge in [-0.25, -0.2) is 0 Å². The van der Waals surface area contributed by atoms with Crippen molar-refractivity contribution in [1.82, 2.24) is 0 Å². The summed E-state index contributed by atoms with van der Waals surface area (Å²) in [6.45, 7) is 3.21. The molecule has 3 nitrogen and oxygen atoms in total. The minimum atomic E-state index is -4.55. The van der Waals surface area contributed by atoms with E-state index >= 15 is 0 Å². The van der Waals surface area contributed by atoms with Crippen molar-refractivity contribution >= 4 is 23.2 Å². The molecule has 1 N–H and O–H groups in total. The maximum atomic E-state index is 12.9. The molecule has 0 fully saturated rings. The topological polar surface area (TPSA) is 38.3 Å². The van der Waals surface area contributed by atoms with Crippen molar-refractivity contribution in [1.29, 1.82) is 0 Å². The van der Waals surface area contributed by atoms with E-state index in [0.29, 0.717) is 10.8 Å². The van der Waals surface area contributed by atoms with Gasteiger partial charge in [0.15, 0.2) is 6.10 Å². The molecule has 128 valence electrons. The number of aryl methyl sites for hydroxylation is 1. The van der Waals surface area contributed by atoms with Crippen LogP contribution in [0.15, 0.2) is 42.5 Å². The number of carbonyl (C=O) groups is 1. The Bertz CT molecular complexity index is 747. The fraction of sp³-hybridized carbons (Fsp3) is 0.235. The van der Waals surface area contributed by atoms with Gasteiger partial charge in [-0.15, -0.1) is 0 Å². The molecular formula is C17H15ClF3NO2. The first-order valence-corrected chi connectivity index (χ1v) is 7.46. The third-order valence-electron chi connectivity index (χ3n) is 3.30. The largest absolute Gasteiger partial charge is 0.481 e. The Hall–Kier alpha value is -2.21. The van der Waals surface area contributed by atoms with Gasteiger partial charge in [0.25, 0.3) is 5.91 Å². The molecular weight excluding hydrogens is 343 g/mol. The molecule has 0 heterocycles. The maximum Gasteiger partial charge on any atom is 0.418 e. The lowest BCUT2D eigenvalue weighted by Gasteiger charge is -2.18. The zero-order chi connectivity index (χ0) is 17.9. The predicted octanol–water partition coefficient (Wildman–Crippen LogP) is 5.07. The minimum absolute atomic E-state index is 0.307. The molecule has 0 aliphatic heterocycles. The third-order valence-corrected chi connectivity index (χ3v) is 3.54. The van der Waals surface area contributed by atoms with Gasteiger partial charge in [-0.05, 0) is 49.7 Å². The van der Waals surface area contributed by atoms with Crippen LogP contribution in [0.1, 0.15) is 18.1 Å². The SMILES string of the molecule is Cc1cc(Cl)ccc1OC(C)C(=O)Nc1ccccc1C(F)(F)F. The van der Waals surface area contributed by atoms with Crippen LogP contribution in [0.3, 0.4) is 0 Å². The van der Waals surface area contributed by atoms with Crippen LogP contribution in [0.2, 0.25) is 5.02 Å². The molecule has 0 aromatic heterocycles. The Morgan fingerprint density at radius 1 is 1.21 bits per heavy atom. The van der Waals surface area contributed by atoms with Crippen molar-refractivity contribution in [3.05, 3.63) is 58.6 Å². The van der Waals surface area contributed by atoms with Crippen LogP contribution in [0.25, 0.3) is 0 Å². The average molecular weight is 358 g/mol. The molecule has 0 radical (unpaired) electrons. The number of ether oxygens (including phenoxy) is 1. The first-order valence-electron chi connectivity index (χ1n) is 7.08. The van der Waals surface area contributed by atoms with Crippen molar-refractivity contribution in [2.45, 2.75) is 26.1 Å². The molecule has 2 rings (SSSR count). The Morgan fingerprint density at radius 3 is 2.50 bits per heavy atom. The molecule has 1 amide bonds. The lowest BCUT2D eigenvalue weighted by Crippen LogP contribution is -2.31. The molecule has 1 unspecified atom stereocenters. The highest BCUT2D eigenvalue weighted by atomic mass is 35.5. The number of para-hydroxylation sites is 1. The number of rotatable bonds is 4. The van der Waals surface area contributed by atoms with Gasteiger partial charge in [0.05, 0.1) is 11.3 Å². The third kappa shape index (κ3) is 4.41. The first kappa shape index (κ1) is 18.1. The van der Waals surface area contributed by atoms with Crippen molar-refractivity contribution in [2.75, 3.05) is 5.32 Å². The number of carbonyl (C=O) groups excluding carboxylic acids is 1. The van der Waals surface area contributed by atoms with Gasteiger partial charge in [0.2, 0.25) is 0 Å².